The van der Waals surface area contributed by atoms with Gasteiger partial charge in [0.1, 0.15) is 6.10 Å². The summed E-state index contributed by atoms with van der Waals surface area (Å²) in [4.78, 5) is 0. The van der Waals surface area contributed by atoms with Gasteiger partial charge >= 0.3 is 0 Å². The van der Waals surface area contributed by atoms with E-state index < -0.39 is 14.2 Å². The van der Waals surface area contributed by atoms with Crippen LogP contribution in [0.25, 0.3) is 5.57 Å². The van der Waals surface area contributed by atoms with Crippen LogP contribution in [-0.4, -0.2) is 13.2 Å². The maximum atomic E-state index is 10.8. The molecule has 0 spiro atoms. The Hall–Kier alpha value is -1.35. The van der Waals surface area contributed by atoms with Gasteiger partial charge in [0.15, 0.2) is 0 Å². The monoisotopic (exact) mass is 316 g/mol. The molecule has 0 amide bonds. The van der Waals surface area contributed by atoms with Crippen LogP contribution in [0, 0.1) is 0 Å². The summed E-state index contributed by atoms with van der Waals surface area (Å²) in [6.07, 6.45) is -0.612. The van der Waals surface area contributed by atoms with Crippen LogP contribution in [0.3, 0.4) is 0 Å². The van der Waals surface area contributed by atoms with Crippen LogP contribution in [0.4, 0.5) is 0 Å². The van der Waals surface area contributed by atoms with E-state index in [-0.39, 0.29) is 0 Å². The molecule has 0 aliphatic carbocycles. The highest BCUT2D eigenvalue weighted by atomic mass is 35.5. The number of aliphatic hydroxyl groups excluding tert-OH is 1. The van der Waals surface area contributed by atoms with Gasteiger partial charge in [0.05, 0.1) is 8.07 Å². The van der Waals surface area contributed by atoms with Crippen molar-refractivity contribution in [1.82, 2.24) is 0 Å². The van der Waals surface area contributed by atoms with E-state index in [2.05, 4.69) is 25.3 Å². The Balaban J connectivity index is 2.47. The molecule has 0 saturated carbocycles. The Kier molecular flexibility index (Phi) is 5.04. The third-order valence-corrected chi connectivity index (χ3v) is 4.60. The lowest BCUT2D eigenvalue weighted by molar-refractivity contribution is 0.238. The van der Waals surface area contributed by atoms with Crippen molar-refractivity contribution in [3.8, 4) is 0 Å². The van der Waals surface area contributed by atoms with Gasteiger partial charge in [-0.15, -0.1) is 0 Å². The Labute approximate surface area is 132 Å². The van der Waals surface area contributed by atoms with Gasteiger partial charge in [-0.05, 0) is 28.8 Å². The van der Waals surface area contributed by atoms with Crippen molar-refractivity contribution in [2.45, 2.75) is 25.7 Å². The molecular formula is C18H21ClOSi. The quantitative estimate of drug-likeness (QED) is 0.755. The SMILES string of the molecule is C[Si](C)(C)/C=C(\c1ccc(Cl)cc1)C(O)c1ccccc1. The molecule has 0 aromatic heterocycles. The minimum Gasteiger partial charge on any atom is -0.384 e. The van der Waals surface area contributed by atoms with Crippen LogP contribution in [0.1, 0.15) is 17.2 Å². The fraction of sp³-hybridized carbons (Fsp3) is 0.222. The van der Waals surface area contributed by atoms with Crippen LogP contribution in [-0.2, 0) is 0 Å². The van der Waals surface area contributed by atoms with Gasteiger partial charge < -0.3 is 5.11 Å². The van der Waals surface area contributed by atoms with Gasteiger partial charge in [0.2, 0.25) is 0 Å². The molecule has 2 aromatic carbocycles. The zero-order chi connectivity index (χ0) is 15.5. The number of benzene rings is 2. The van der Waals surface area contributed by atoms with Gasteiger partial charge in [-0.25, -0.2) is 0 Å². The summed E-state index contributed by atoms with van der Waals surface area (Å²) in [5, 5.41) is 11.5. The zero-order valence-corrected chi connectivity index (χ0v) is 14.4. The molecule has 0 aliphatic rings. The normalized spacial score (nSPS) is 14.0. The van der Waals surface area contributed by atoms with Crippen molar-refractivity contribution in [3.05, 3.63) is 76.4 Å². The minimum atomic E-state index is -1.47. The largest absolute Gasteiger partial charge is 0.384 e. The predicted octanol–water partition coefficient (Wildman–Crippen LogP) is 5.33. The van der Waals surface area contributed by atoms with Gasteiger partial charge in [-0.1, -0.05) is 79.4 Å². The maximum absolute atomic E-state index is 10.8. The van der Waals surface area contributed by atoms with Crippen molar-refractivity contribution in [1.29, 1.82) is 0 Å². The van der Waals surface area contributed by atoms with Crippen LogP contribution >= 0.6 is 11.6 Å². The molecular weight excluding hydrogens is 296 g/mol. The van der Waals surface area contributed by atoms with Crippen molar-refractivity contribution < 1.29 is 5.11 Å². The highest BCUT2D eigenvalue weighted by Gasteiger charge is 2.19. The average molecular weight is 317 g/mol. The number of rotatable bonds is 4. The molecule has 110 valence electrons. The lowest BCUT2D eigenvalue weighted by Gasteiger charge is -2.20. The van der Waals surface area contributed by atoms with Gasteiger partial charge in [-0.2, -0.15) is 0 Å². The molecule has 0 bridgehead atoms. The first-order valence-electron chi connectivity index (χ1n) is 7.08. The van der Waals surface area contributed by atoms with Gasteiger partial charge in [0.25, 0.3) is 0 Å². The van der Waals surface area contributed by atoms with E-state index in [0.29, 0.717) is 5.02 Å². The van der Waals surface area contributed by atoms with E-state index in [1.165, 1.54) is 0 Å². The number of hydrogen-bond acceptors (Lipinski definition) is 1. The van der Waals surface area contributed by atoms with Crippen LogP contribution in [0.5, 0.6) is 0 Å². The topological polar surface area (TPSA) is 20.2 Å². The molecule has 3 heteroatoms. The summed E-state index contributed by atoms with van der Waals surface area (Å²) >= 11 is 5.97. The van der Waals surface area contributed by atoms with Crippen molar-refractivity contribution in [2.75, 3.05) is 0 Å². The lowest BCUT2D eigenvalue weighted by Crippen LogP contribution is -2.18. The maximum Gasteiger partial charge on any atom is 0.104 e. The van der Waals surface area contributed by atoms with E-state index in [4.69, 9.17) is 11.6 Å². The number of hydrogen-bond donors (Lipinski definition) is 1. The molecule has 1 unspecified atom stereocenters. The molecule has 1 atom stereocenters. The third kappa shape index (κ3) is 4.56. The summed E-state index contributed by atoms with van der Waals surface area (Å²) < 4.78 is 0. The molecule has 21 heavy (non-hydrogen) atoms. The molecule has 0 aliphatic heterocycles. The van der Waals surface area contributed by atoms with Crippen molar-refractivity contribution in [2.24, 2.45) is 0 Å². The van der Waals surface area contributed by atoms with Crippen molar-refractivity contribution in [3.63, 3.8) is 0 Å². The summed E-state index contributed by atoms with van der Waals surface area (Å²) in [5.74, 6) is 0. The first-order valence-corrected chi connectivity index (χ1v) is 11.0. The first kappa shape index (κ1) is 16.0. The van der Waals surface area contributed by atoms with Crippen LogP contribution < -0.4 is 0 Å². The van der Waals surface area contributed by atoms with E-state index in [1.807, 2.05) is 54.6 Å². The Morgan fingerprint density at radius 1 is 1.00 bits per heavy atom. The molecule has 2 aromatic rings. The highest BCUT2D eigenvalue weighted by Crippen LogP contribution is 2.32. The molecule has 1 nitrogen and oxygen atoms in total. The summed E-state index contributed by atoms with van der Waals surface area (Å²) in [5.41, 5.74) is 5.17. The van der Waals surface area contributed by atoms with E-state index in [1.54, 1.807) is 0 Å². The number of aliphatic hydroxyl groups is 1. The predicted molar refractivity (Wildman–Crippen MR) is 94.2 cm³/mol. The summed E-state index contributed by atoms with van der Waals surface area (Å²) in [6, 6.07) is 17.5. The Bertz CT molecular complexity index is 612. The second-order valence-electron chi connectivity index (χ2n) is 6.29. The smallest absolute Gasteiger partial charge is 0.104 e. The standard InChI is InChI=1S/C18H21ClOSi/c1-21(2,3)13-17(14-9-11-16(19)12-10-14)18(20)15-7-5-4-6-8-15/h4-13,18,20H,1-3H3/b17-13+. The number of halogens is 1. The van der Waals surface area contributed by atoms with E-state index >= 15 is 0 Å². The third-order valence-electron chi connectivity index (χ3n) is 3.18. The Morgan fingerprint density at radius 2 is 1.57 bits per heavy atom. The average Bonchev–Trinajstić information content (AvgIpc) is 2.45. The molecule has 0 radical (unpaired) electrons. The second kappa shape index (κ2) is 6.61. The molecule has 2 rings (SSSR count). The van der Waals surface area contributed by atoms with E-state index in [0.717, 1.165) is 16.7 Å². The fourth-order valence-corrected chi connectivity index (χ4v) is 3.63. The molecule has 0 saturated heterocycles. The molecule has 1 N–H and O–H groups in total. The molecule has 0 fully saturated rings. The first-order chi connectivity index (χ1) is 9.87. The lowest BCUT2D eigenvalue weighted by atomic mass is 9.97. The minimum absolute atomic E-state index is 0.612. The van der Waals surface area contributed by atoms with Crippen LogP contribution in [0.2, 0.25) is 24.7 Å². The van der Waals surface area contributed by atoms with Crippen molar-refractivity contribution >= 4 is 25.2 Å². The Morgan fingerprint density at radius 3 is 2.10 bits per heavy atom. The fourth-order valence-electron chi connectivity index (χ4n) is 2.24. The molecule has 0 heterocycles. The summed E-state index contributed by atoms with van der Waals surface area (Å²) in [7, 11) is -1.47. The second-order valence-corrected chi connectivity index (χ2v) is 11.7. The van der Waals surface area contributed by atoms with Crippen LogP contribution in [0.15, 0.2) is 60.3 Å². The zero-order valence-electron chi connectivity index (χ0n) is 12.7. The highest BCUT2D eigenvalue weighted by molar-refractivity contribution is 6.81. The van der Waals surface area contributed by atoms with E-state index in [9.17, 15) is 5.11 Å². The van der Waals surface area contributed by atoms with Gasteiger partial charge in [0, 0.05) is 5.02 Å². The van der Waals surface area contributed by atoms with Gasteiger partial charge in [-0.3, -0.25) is 0 Å². The summed E-state index contributed by atoms with van der Waals surface area (Å²) in [6.45, 7) is 6.79.